The summed E-state index contributed by atoms with van der Waals surface area (Å²) in [5.41, 5.74) is 5.49. The van der Waals surface area contributed by atoms with Gasteiger partial charge in [-0.25, -0.2) is 9.37 Å². The third-order valence-corrected chi connectivity index (χ3v) is 6.57. The molecule has 1 aliphatic carbocycles. The van der Waals surface area contributed by atoms with Gasteiger partial charge in [0.1, 0.15) is 11.6 Å². The number of carboxylic acid groups (broad SMARTS) is 1. The summed E-state index contributed by atoms with van der Waals surface area (Å²) in [6, 6.07) is 14.2. The van der Waals surface area contributed by atoms with Crippen LogP contribution in [0, 0.1) is 19.7 Å². The summed E-state index contributed by atoms with van der Waals surface area (Å²) in [5.74, 6) is -0.786. The molecule has 2 aromatic carbocycles. The first-order valence-electron chi connectivity index (χ1n) is 11.9. The standard InChI is InChI=1S/C28H27FN4O3/c1-16-5-3-6-17(2)24(16)31-27-25(19-8-9-19)32-26-21(7-4-14-33(26)27)28(36)30-22(15-23(34)35)18-10-12-20(29)13-11-18/h3-7,10-14,19,22,31H,8-9,15H2,1-2H3,(H,30,36)(H,34,35). The van der Waals surface area contributed by atoms with Crippen LogP contribution in [-0.2, 0) is 4.79 Å². The summed E-state index contributed by atoms with van der Waals surface area (Å²) in [5, 5.41) is 15.8. The van der Waals surface area contributed by atoms with Crippen LogP contribution in [0.5, 0.6) is 0 Å². The Kier molecular flexibility index (Phi) is 6.18. The number of amides is 1. The van der Waals surface area contributed by atoms with Crippen LogP contribution >= 0.6 is 0 Å². The number of aliphatic carboxylic acids is 1. The summed E-state index contributed by atoms with van der Waals surface area (Å²) in [7, 11) is 0. The van der Waals surface area contributed by atoms with E-state index in [1.807, 2.05) is 42.6 Å². The van der Waals surface area contributed by atoms with E-state index in [1.165, 1.54) is 24.3 Å². The number of aromatic nitrogens is 2. The van der Waals surface area contributed by atoms with E-state index in [4.69, 9.17) is 4.98 Å². The highest BCUT2D eigenvalue weighted by atomic mass is 19.1. The third kappa shape index (κ3) is 4.66. The molecule has 184 valence electrons. The second kappa shape index (κ2) is 9.45. The lowest BCUT2D eigenvalue weighted by molar-refractivity contribution is -0.137. The quantitative estimate of drug-likeness (QED) is 0.299. The fraction of sp³-hybridized carbons (Fsp3) is 0.250. The van der Waals surface area contributed by atoms with Crippen LogP contribution in [0.3, 0.4) is 0 Å². The zero-order valence-electron chi connectivity index (χ0n) is 20.1. The van der Waals surface area contributed by atoms with Gasteiger partial charge in [-0.15, -0.1) is 0 Å². The van der Waals surface area contributed by atoms with Gasteiger partial charge in [-0.3, -0.25) is 14.0 Å². The minimum Gasteiger partial charge on any atom is -0.481 e. The Bertz CT molecular complexity index is 1440. The van der Waals surface area contributed by atoms with Gasteiger partial charge in [0.25, 0.3) is 5.91 Å². The normalized spacial score (nSPS) is 14.0. The van der Waals surface area contributed by atoms with Gasteiger partial charge < -0.3 is 15.7 Å². The van der Waals surface area contributed by atoms with Crippen LogP contribution in [0.25, 0.3) is 5.65 Å². The number of pyridine rings is 1. The van der Waals surface area contributed by atoms with Crippen molar-refractivity contribution in [3.8, 4) is 0 Å². The molecule has 0 radical (unpaired) electrons. The van der Waals surface area contributed by atoms with Gasteiger partial charge in [-0.2, -0.15) is 0 Å². The molecule has 0 spiro atoms. The molecule has 7 nitrogen and oxygen atoms in total. The topological polar surface area (TPSA) is 95.7 Å². The first-order valence-corrected chi connectivity index (χ1v) is 11.9. The van der Waals surface area contributed by atoms with Gasteiger partial charge in [0.15, 0.2) is 5.65 Å². The monoisotopic (exact) mass is 486 g/mol. The number of aryl methyl sites for hydroxylation is 2. The Labute approximate surface area is 208 Å². The largest absolute Gasteiger partial charge is 0.481 e. The molecule has 1 unspecified atom stereocenters. The van der Waals surface area contributed by atoms with Crippen molar-refractivity contribution in [2.75, 3.05) is 5.32 Å². The molecule has 1 amide bonds. The van der Waals surface area contributed by atoms with Crippen LogP contribution < -0.4 is 10.6 Å². The van der Waals surface area contributed by atoms with Gasteiger partial charge >= 0.3 is 5.97 Å². The van der Waals surface area contributed by atoms with Crippen molar-refractivity contribution in [3.05, 3.63) is 94.6 Å². The van der Waals surface area contributed by atoms with Crippen LogP contribution in [0.15, 0.2) is 60.8 Å². The number of nitrogens with one attached hydrogen (secondary N) is 2. The summed E-state index contributed by atoms with van der Waals surface area (Å²) < 4.78 is 15.3. The lowest BCUT2D eigenvalue weighted by Crippen LogP contribution is -2.30. The van der Waals surface area contributed by atoms with Crippen LogP contribution in [0.1, 0.15) is 64.0 Å². The lowest BCUT2D eigenvalue weighted by atomic mass is 10.0. The third-order valence-electron chi connectivity index (χ3n) is 6.57. The molecule has 36 heavy (non-hydrogen) atoms. The molecule has 1 aliphatic rings. The van der Waals surface area contributed by atoms with Crippen molar-refractivity contribution in [2.24, 2.45) is 0 Å². The molecule has 8 heteroatoms. The zero-order chi connectivity index (χ0) is 25.4. The van der Waals surface area contributed by atoms with Crippen molar-refractivity contribution < 1.29 is 19.1 Å². The second-order valence-corrected chi connectivity index (χ2v) is 9.30. The lowest BCUT2D eigenvalue weighted by Gasteiger charge is -2.18. The Morgan fingerprint density at radius 3 is 2.42 bits per heavy atom. The number of carbonyl (C=O) groups is 2. The fourth-order valence-corrected chi connectivity index (χ4v) is 4.52. The Morgan fingerprint density at radius 2 is 1.78 bits per heavy atom. The number of hydrogen-bond acceptors (Lipinski definition) is 4. The van der Waals surface area contributed by atoms with E-state index >= 15 is 0 Å². The summed E-state index contributed by atoms with van der Waals surface area (Å²) in [4.78, 5) is 29.8. The fourth-order valence-electron chi connectivity index (χ4n) is 4.52. The molecular weight excluding hydrogens is 459 g/mol. The summed E-state index contributed by atoms with van der Waals surface area (Å²) in [6.07, 6.45) is 3.62. The number of anilines is 2. The van der Waals surface area contributed by atoms with Crippen molar-refractivity contribution in [1.29, 1.82) is 0 Å². The predicted octanol–water partition coefficient (Wildman–Crippen LogP) is 5.66. The predicted molar refractivity (Wildman–Crippen MR) is 135 cm³/mol. The number of carbonyl (C=O) groups excluding carboxylic acids is 1. The number of para-hydroxylation sites is 1. The van der Waals surface area contributed by atoms with E-state index in [0.717, 1.165) is 41.2 Å². The van der Waals surface area contributed by atoms with E-state index in [9.17, 15) is 19.1 Å². The number of hydrogen-bond donors (Lipinski definition) is 3. The maximum absolute atomic E-state index is 13.4. The van der Waals surface area contributed by atoms with Gasteiger partial charge in [0.05, 0.1) is 23.7 Å². The van der Waals surface area contributed by atoms with Crippen molar-refractivity contribution in [3.63, 3.8) is 0 Å². The highest BCUT2D eigenvalue weighted by molar-refractivity contribution is 6.00. The highest BCUT2D eigenvalue weighted by Crippen LogP contribution is 2.44. The molecule has 2 heterocycles. The van der Waals surface area contributed by atoms with Gasteiger partial charge in [0, 0.05) is 17.8 Å². The van der Waals surface area contributed by atoms with E-state index in [1.54, 1.807) is 12.1 Å². The van der Waals surface area contributed by atoms with E-state index in [-0.39, 0.29) is 6.42 Å². The molecular formula is C28H27FN4O3. The van der Waals surface area contributed by atoms with Crippen molar-refractivity contribution >= 4 is 29.0 Å². The summed E-state index contributed by atoms with van der Waals surface area (Å²) >= 11 is 0. The number of imidazole rings is 1. The Balaban J connectivity index is 1.53. The van der Waals surface area contributed by atoms with Gasteiger partial charge in [0.2, 0.25) is 0 Å². The molecule has 1 atom stereocenters. The maximum atomic E-state index is 13.4. The molecule has 1 fully saturated rings. The molecule has 0 bridgehead atoms. The van der Waals surface area contributed by atoms with Crippen molar-refractivity contribution in [1.82, 2.24) is 14.7 Å². The van der Waals surface area contributed by atoms with Crippen LogP contribution in [0.4, 0.5) is 15.9 Å². The van der Waals surface area contributed by atoms with Crippen molar-refractivity contribution in [2.45, 2.75) is 45.1 Å². The molecule has 4 aromatic rings. The number of fused-ring (bicyclic) bond motifs is 1. The first kappa shape index (κ1) is 23.5. The number of halogens is 1. The first-order chi connectivity index (χ1) is 17.3. The smallest absolute Gasteiger partial charge is 0.305 e. The zero-order valence-corrected chi connectivity index (χ0v) is 20.1. The number of benzene rings is 2. The molecule has 3 N–H and O–H groups in total. The summed E-state index contributed by atoms with van der Waals surface area (Å²) in [6.45, 7) is 4.10. The van der Waals surface area contributed by atoms with Crippen LogP contribution in [0.2, 0.25) is 0 Å². The second-order valence-electron chi connectivity index (χ2n) is 9.30. The van der Waals surface area contributed by atoms with E-state index < -0.39 is 23.7 Å². The number of rotatable bonds is 8. The molecule has 1 saturated carbocycles. The average Bonchev–Trinajstić information content (AvgIpc) is 3.62. The van der Waals surface area contributed by atoms with Crippen LogP contribution in [-0.4, -0.2) is 26.4 Å². The number of nitrogens with zero attached hydrogens (tertiary/aromatic N) is 2. The maximum Gasteiger partial charge on any atom is 0.305 e. The Morgan fingerprint density at radius 1 is 1.08 bits per heavy atom. The van der Waals surface area contributed by atoms with E-state index in [2.05, 4.69) is 10.6 Å². The molecule has 0 saturated heterocycles. The SMILES string of the molecule is Cc1cccc(C)c1Nc1c(C2CC2)nc2c(C(=O)NC(CC(=O)O)c3ccc(F)cc3)cccn12. The van der Waals surface area contributed by atoms with Gasteiger partial charge in [-0.1, -0.05) is 30.3 Å². The van der Waals surface area contributed by atoms with Gasteiger partial charge in [-0.05, 0) is 67.6 Å². The van der Waals surface area contributed by atoms with E-state index in [0.29, 0.717) is 22.7 Å². The molecule has 5 rings (SSSR count). The Hall–Kier alpha value is -4.20. The molecule has 2 aromatic heterocycles. The number of carboxylic acids is 1. The average molecular weight is 487 g/mol. The minimum atomic E-state index is -1.07. The minimum absolute atomic E-state index is 0.326. The highest BCUT2D eigenvalue weighted by Gasteiger charge is 2.32. The molecule has 0 aliphatic heterocycles.